The average molecular weight is 566 g/mol. The van der Waals surface area contributed by atoms with Crippen molar-refractivity contribution >= 4 is 28.5 Å². The third-order valence-electron chi connectivity index (χ3n) is 8.02. The molecule has 1 atom stereocenters. The first-order chi connectivity index (χ1) is 20.6. The van der Waals surface area contributed by atoms with Crippen LogP contribution in [0.4, 0.5) is 5.69 Å². The number of ether oxygens (including phenoxy) is 1. The molecule has 6 rings (SSSR count). The number of hydrogen-bond donors (Lipinski definition) is 3. The summed E-state index contributed by atoms with van der Waals surface area (Å²) < 4.78 is 5.53. The molecule has 2 aliphatic heterocycles. The van der Waals surface area contributed by atoms with Gasteiger partial charge in [0.25, 0.3) is 5.91 Å². The molecule has 2 saturated heterocycles. The fourth-order valence-corrected chi connectivity index (χ4v) is 5.87. The smallest absolute Gasteiger partial charge is 0.274 e. The molecule has 2 fully saturated rings. The number of anilines is 1. The summed E-state index contributed by atoms with van der Waals surface area (Å²) in [5.74, 6) is -0.0335. The van der Waals surface area contributed by atoms with Gasteiger partial charge in [-0.2, -0.15) is 0 Å². The van der Waals surface area contributed by atoms with Gasteiger partial charge in [-0.3, -0.25) is 19.5 Å². The lowest BCUT2D eigenvalue weighted by molar-refractivity contribution is -0.117. The molecule has 2 aliphatic rings. The summed E-state index contributed by atoms with van der Waals surface area (Å²) in [6.45, 7) is 7.44. The van der Waals surface area contributed by atoms with Crippen LogP contribution in [0.15, 0.2) is 67.6 Å². The molecule has 3 N–H and O–H groups in total. The Labute approximate surface area is 244 Å². The number of pyridine rings is 1. The van der Waals surface area contributed by atoms with Gasteiger partial charge in [0.1, 0.15) is 17.7 Å². The molecule has 0 unspecified atom stereocenters. The second kappa shape index (κ2) is 12.6. The maximum Gasteiger partial charge on any atom is 0.274 e. The van der Waals surface area contributed by atoms with Crippen molar-refractivity contribution in [3.05, 3.63) is 84.6 Å². The van der Waals surface area contributed by atoms with Crippen LogP contribution in [0.2, 0.25) is 0 Å². The Morgan fingerprint density at radius 3 is 2.71 bits per heavy atom. The van der Waals surface area contributed by atoms with Crippen LogP contribution in [0, 0.1) is 0 Å². The maximum atomic E-state index is 13.1. The summed E-state index contributed by atoms with van der Waals surface area (Å²) in [6, 6.07) is 13.7. The standard InChI is InChI=1S/C32H35N7O3/c1-2-29(40)36-25-4-3-13-39(19-25)18-21-9-12-33-28(16-21)32(41)37-24-7-5-22(6-8-24)27-17-26-30(23-10-14-42-15-11-23)34-20-35-31(26)38-27/h2,5-9,12,16-17,20,23,25H,1,3-4,10-11,13-15,18-19H2,(H,36,40)(H,37,41)(H,34,35,38)/t25-/m1/s1. The van der Waals surface area contributed by atoms with Crippen molar-refractivity contribution in [2.24, 2.45) is 0 Å². The van der Waals surface area contributed by atoms with E-state index in [0.29, 0.717) is 23.8 Å². The zero-order chi connectivity index (χ0) is 28.9. The highest BCUT2D eigenvalue weighted by Gasteiger charge is 2.22. The van der Waals surface area contributed by atoms with Gasteiger partial charge >= 0.3 is 0 Å². The van der Waals surface area contributed by atoms with Crippen LogP contribution in [0.3, 0.4) is 0 Å². The number of rotatable bonds is 8. The topological polar surface area (TPSA) is 125 Å². The van der Waals surface area contributed by atoms with Gasteiger partial charge in [-0.25, -0.2) is 9.97 Å². The minimum absolute atomic E-state index is 0.100. The van der Waals surface area contributed by atoms with Crippen molar-refractivity contribution in [3.63, 3.8) is 0 Å². The van der Waals surface area contributed by atoms with Crippen molar-refractivity contribution in [2.75, 3.05) is 31.6 Å². The number of likely N-dealkylation sites (tertiary alicyclic amines) is 1. The molecule has 3 aromatic heterocycles. The van der Waals surface area contributed by atoms with E-state index < -0.39 is 0 Å². The predicted molar refractivity (Wildman–Crippen MR) is 161 cm³/mol. The number of carbonyl (C=O) groups is 2. The quantitative estimate of drug-likeness (QED) is 0.270. The Morgan fingerprint density at radius 2 is 1.90 bits per heavy atom. The van der Waals surface area contributed by atoms with Gasteiger partial charge in [0.15, 0.2) is 0 Å². The summed E-state index contributed by atoms with van der Waals surface area (Å²) in [4.78, 5) is 43.8. The highest BCUT2D eigenvalue weighted by atomic mass is 16.5. The minimum atomic E-state index is -0.263. The van der Waals surface area contributed by atoms with Crippen LogP contribution >= 0.6 is 0 Å². The minimum Gasteiger partial charge on any atom is -0.381 e. The molecule has 2 amide bonds. The molecular formula is C32H35N7O3. The lowest BCUT2D eigenvalue weighted by Crippen LogP contribution is -2.46. The van der Waals surface area contributed by atoms with Gasteiger partial charge < -0.3 is 20.4 Å². The molecule has 10 heteroatoms. The van der Waals surface area contributed by atoms with Gasteiger partial charge in [0.2, 0.25) is 5.91 Å². The molecule has 5 heterocycles. The highest BCUT2D eigenvalue weighted by molar-refractivity contribution is 6.03. The Kier molecular flexibility index (Phi) is 8.34. The van der Waals surface area contributed by atoms with E-state index in [1.807, 2.05) is 36.4 Å². The van der Waals surface area contributed by atoms with Crippen LogP contribution in [-0.4, -0.2) is 69.0 Å². The number of aromatic nitrogens is 4. The number of amides is 2. The molecule has 0 spiro atoms. The monoisotopic (exact) mass is 565 g/mol. The second-order valence-electron chi connectivity index (χ2n) is 11.0. The molecule has 0 radical (unpaired) electrons. The van der Waals surface area contributed by atoms with Crippen LogP contribution < -0.4 is 10.6 Å². The van der Waals surface area contributed by atoms with Crippen LogP contribution in [0.25, 0.3) is 22.3 Å². The zero-order valence-corrected chi connectivity index (χ0v) is 23.5. The molecular weight excluding hydrogens is 530 g/mol. The first kappa shape index (κ1) is 27.7. The lowest BCUT2D eigenvalue weighted by atomic mass is 9.94. The maximum absolute atomic E-state index is 13.1. The summed E-state index contributed by atoms with van der Waals surface area (Å²) in [6.07, 6.45) is 8.48. The molecule has 1 aromatic carbocycles. The fourth-order valence-electron chi connectivity index (χ4n) is 5.87. The SMILES string of the molecule is C=CC(=O)N[C@@H]1CCCN(Cc2ccnc(C(=O)Nc3ccc(-c4cc5c(C6CCOCC6)ncnc5[nH]4)cc3)c2)C1. The van der Waals surface area contributed by atoms with Crippen molar-refractivity contribution in [3.8, 4) is 11.3 Å². The summed E-state index contributed by atoms with van der Waals surface area (Å²) in [7, 11) is 0. The third kappa shape index (κ3) is 6.40. The van der Waals surface area contributed by atoms with Gasteiger partial charge in [0, 0.05) is 61.2 Å². The summed E-state index contributed by atoms with van der Waals surface area (Å²) in [5, 5.41) is 7.00. The second-order valence-corrected chi connectivity index (χ2v) is 11.0. The molecule has 4 aromatic rings. The number of nitrogens with zero attached hydrogens (tertiary/aromatic N) is 4. The Hall–Kier alpha value is -4.41. The summed E-state index contributed by atoms with van der Waals surface area (Å²) >= 11 is 0. The number of aromatic amines is 1. The number of fused-ring (bicyclic) bond motifs is 1. The molecule has 0 bridgehead atoms. The Morgan fingerprint density at radius 1 is 1.07 bits per heavy atom. The number of piperidine rings is 1. The zero-order valence-electron chi connectivity index (χ0n) is 23.5. The van der Waals surface area contributed by atoms with Crippen LogP contribution in [0.1, 0.15) is 53.3 Å². The summed E-state index contributed by atoms with van der Waals surface area (Å²) in [5.41, 5.74) is 5.90. The van der Waals surface area contributed by atoms with E-state index in [0.717, 1.165) is 85.5 Å². The predicted octanol–water partition coefficient (Wildman–Crippen LogP) is 4.43. The van der Waals surface area contributed by atoms with E-state index in [-0.39, 0.29) is 17.9 Å². The largest absolute Gasteiger partial charge is 0.381 e. The van der Waals surface area contributed by atoms with Gasteiger partial charge in [0.05, 0.1) is 5.69 Å². The number of H-pyrrole nitrogens is 1. The van der Waals surface area contributed by atoms with Gasteiger partial charge in [-0.15, -0.1) is 0 Å². The van der Waals surface area contributed by atoms with E-state index in [1.165, 1.54) is 6.08 Å². The van der Waals surface area contributed by atoms with E-state index in [4.69, 9.17) is 4.74 Å². The van der Waals surface area contributed by atoms with Gasteiger partial charge in [-0.05, 0) is 79.8 Å². The first-order valence-corrected chi connectivity index (χ1v) is 14.5. The number of carbonyl (C=O) groups excluding carboxylic acids is 2. The van der Waals surface area contributed by atoms with E-state index in [2.05, 4.69) is 48.1 Å². The van der Waals surface area contributed by atoms with Crippen molar-refractivity contribution in [2.45, 2.75) is 44.2 Å². The van der Waals surface area contributed by atoms with E-state index in [9.17, 15) is 9.59 Å². The number of nitrogens with one attached hydrogen (secondary N) is 3. The Bertz CT molecular complexity index is 1580. The molecule has 42 heavy (non-hydrogen) atoms. The van der Waals surface area contributed by atoms with Gasteiger partial charge in [-0.1, -0.05) is 18.7 Å². The fraction of sp³-hybridized carbons (Fsp3) is 0.344. The average Bonchev–Trinajstić information content (AvgIpc) is 3.47. The van der Waals surface area contributed by atoms with Crippen LogP contribution in [-0.2, 0) is 16.1 Å². The van der Waals surface area contributed by atoms with Crippen LogP contribution in [0.5, 0.6) is 0 Å². The lowest BCUT2D eigenvalue weighted by Gasteiger charge is -2.33. The third-order valence-corrected chi connectivity index (χ3v) is 8.02. The molecule has 0 saturated carbocycles. The number of hydrogen-bond acceptors (Lipinski definition) is 7. The first-order valence-electron chi connectivity index (χ1n) is 14.5. The van der Waals surface area contributed by atoms with Crippen molar-refractivity contribution in [1.82, 2.24) is 30.2 Å². The highest BCUT2D eigenvalue weighted by Crippen LogP contribution is 2.32. The van der Waals surface area contributed by atoms with Crippen molar-refractivity contribution < 1.29 is 14.3 Å². The molecule has 10 nitrogen and oxygen atoms in total. The van der Waals surface area contributed by atoms with E-state index in [1.54, 1.807) is 12.5 Å². The molecule has 216 valence electrons. The van der Waals surface area contributed by atoms with E-state index >= 15 is 0 Å². The van der Waals surface area contributed by atoms with Crippen molar-refractivity contribution in [1.29, 1.82) is 0 Å². The Balaban J connectivity index is 1.10. The number of benzene rings is 1. The normalized spacial score (nSPS) is 18.0. The molecule has 0 aliphatic carbocycles.